The molecular weight excluding hydrogens is 272 g/mol. The summed E-state index contributed by atoms with van der Waals surface area (Å²) < 4.78 is 0. The van der Waals surface area contributed by atoms with Crippen LogP contribution in [0.5, 0.6) is 0 Å². The molecule has 1 heterocycles. The van der Waals surface area contributed by atoms with Gasteiger partial charge >= 0.3 is 0 Å². The molecular formula is C15H20N2O2S. The van der Waals surface area contributed by atoms with Gasteiger partial charge in [0.15, 0.2) is 0 Å². The Kier molecular flexibility index (Phi) is 5.67. The standard InChI is InChI=1S/C15H20N2O2S/c1-12-2-4-13(5-3-12)15-16-14(11-20-15)10-17(6-8-18)7-9-19/h2-5,11,18-19H,6-10H2,1H3. The van der Waals surface area contributed by atoms with E-state index in [-0.39, 0.29) is 13.2 Å². The van der Waals surface area contributed by atoms with Crippen molar-refractivity contribution in [2.24, 2.45) is 0 Å². The van der Waals surface area contributed by atoms with Gasteiger partial charge in [-0.15, -0.1) is 11.3 Å². The quantitative estimate of drug-likeness (QED) is 0.818. The number of nitrogens with zero attached hydrogens (tertiary/aromatic N) is 2. The summed E-state index contributed by atoms with van der Waals surface area (Å²) in [6.07, 6.45) is 0. The molecule has 0 unspecified atom stereocenters. The number of hydrogen-bond acceptors (Lipinski definition) is 5. The van der Waals surface area contributed by atoms with E-state index in [1.165, 1.54) is 5.56 Å². The molecule has 0 radical (unpaired) electrons. The van der Waals surface area contributed by atoms with Crippen LogP contribution in [-0.4, -0.2) is 46.4 Å². The summed E-state index contributed by atoms with van der Waals surface area (Å²) in [4.78, 5) is 6.62. The van der Waals surface area contributed by atoms with Crippen molar-refractivity contribution < 1.29 is 10.2 Å². The van der Waals surface area contributed by atoms with Crippen molar-refractivity contribution in [3.8, 4) is 10.6 Å². The molecule has 0 saturated carbocycles. The van der Waals surface area contributed by atoms with Crippen molar-refractivity contribution >= 4 is 11.3 Å². The second kappa shape index (κ2) is 7.50. The van der Waals surface area contributed by atoms with E-state index in [0.29, 0.717) is 19.6 Å². The zero-order valence-corrected chi connectivity index (χ0v) is 12.4. The van der Waals surface area contributed by atoms with Crippen LogP contribution in [0.15, 0.2) is 29.6 Å². The Balaban J connectivity index is 2.06. The molecule has 0 amide bonds. The average Bonchev–Trinajstić information content (AvgIpc) is 2.89. The maximum absolute atomic E-state index is 9.01. The minimum atomic E-state index is 0.0922. The van der Waals surface area contributed by atoms with Gasteiger partial charge < -0.3 is 10.2 Å². The molecule has 4 nitrogen and oxygen atoms in total. The molecule has 2 N–H and O–H groups in total. The van der Waals surface area contributed by atoms with E-state index < -0.39 is 0 Å². The van der Waals surface area contributed by atoms with Gasteiger partial charge in [0.2, 0.25) is 0 Å². The zero-order valence-electron chi connectivity index (χ0n) is 11.6. The van der Waals surface area contributed by atoms with Gasteiger partial charge in [0.1, 0.15) is 5.01 Å². The van der Waals surface area contributed by atoms with Gasteiger partial charge in [0.05, 0.1) is 18.9 Å². The molecule has 0 fully saturated rings. The first-order valence-electron chi connectivity index (χ1n) is 6.68. The SMILES string of the molecule is Cc1ccc(-c2nc(CN(CCO)CCO)cs2)cc1. The van der Waals surface area contributed by atoms with E-state index in [9.17, 15) is 0 Å². The smallest absolute Gasteiger partial charge is 0.123 e. The first-order valence-corrected chi connectivity index (χ1v) is 7.56. The molecule has 2 rings (SSSR count). The van der Waals surface area contributed by atoms with Crippen LogP contribution in [0.2, 0.25) is 0 Å². The van der Waals surface area contributed by atoms with Gasteiger partial charge in [-0.25, -0.2) is 4.98 Å². The lowest BCUT2D eigenvalue weighted by Gasteiger charge is -2.18. The molecule has 2 aromatic rings. The third kappa shape index (κ3) is 4.11. The van der Waals surface area contributed by atoms with Gasteiger partial charge in [-0.1, -0.05) is 29.8 Å². The van der Waals surface area contributed by atoms with Crippen LogP contribution < -0.4 is 0 Å². The minimum absolute atomic E-state index is 0.0922. The first kappa shape index (κ1) is 15.1. The summed E-state index contributed by atoms with van der Waals surface area (Å²) in [5.74, 6) is 0. The largest absolute Gasteiger partial charge is 0.395 e. The summed E-state index contributed by atoms with van der Waals surface area (Å²) >= 11 is 1.62. The highest BCUT2D eigenvalue weighted by Crippen LogP contribution is 2.24. The molecule has 0 spiro atoms. The molecule has 0 saturated heterocycles. The molecule has 0 atom stereocenters. The lowest BCUT2D eigenvalue weighted by molar-refractivity contribution is 0.155. The van der Waals surface area contributed by atoms with Crippen LogP contribution in [-0.2, 0) is 6.54 Å². The third-order valence-corrected chi connectivity index (χ3v) is 4.01. The molecule has 20 heavy (non-hydrogen) atoms. The van der Waals surface area contributed by atoms with Crippen LogP contribution in [0.3, 0.4) is 0 Å². The second-order valence-corrected chi connectivity index (χ2v) is 5.59. The predicted molar refractivity (Wildman–Crippen MR) is 81.7 cm³/mol. The Labute approximate surface area is 123 Å². The fraction of sp³-hybridized carbons (Fsp3) is 0.400. The van der Waals surface area contributed by atoms with E-state index in [1.807, 2.05) is 10.3 Å². The van der Waals surface area contributed by atoms with E-state index in [0.717, 1.165) is 16.3 Å². The molecule has 0 bridgehead atoms. The highest BCUT2D eigenvalue weighted by atomic mass is 32.1. The summed E-state index contributed by atoms with van der Waals surface area (Å²) in [7, 11) is 0. The number of aromatic nitrogens is 1. The Hall–Kier alpha value is -1.27. The van der Waals surface area contributed by atoms with E-state index in [2.05, 4.69) is 36.2 Å². The van der Waals surface area contributed by atoms with Gasteiger partial charge in [-0.3, -0.25) is 4.90 Å². The lowest BCUT2D eigenvalue weighted by atomic mass is 10.2. The number of aliphatic hydroxyl groups excluding tert-OH is 2. The maximum atomic E-state index is 9.01. The van der Waals surface area contributed by atoms with E-state index in [1.54, 1.807) is 11.3 Å². The molecule has 108 valence electrons. The Morgan fingerprint density at radius 1 is 1.10 bits per heavy atom. The van der Waals surface area contributed by atoms with Crippen LogP contribution in [0.1, 0.15) is 11.3 Å². The fourth-order valence-corrected chi connectivity index (χ4v) is 2.81. The van der Waals surface area contributed by atoms with Crippen LogP contribution in [0.4, 0.5) is 0 Å². The number of aryl methyl sites for hydroxylation is 1. The number of rotatable bonds is 7. The van der Waals surface area contributed by atoms with Crippen molar-refractivity contribution in [1.82, 2.24) is 9.88 Å². The highest BCUT2D eigenvalue weighted by Gasteiger charge is 2.09. The molecule has 1 aromatic heterocycles. The lowest BCUT2D eigenvalue weighted by Crippen LogP contribution is -2.29. The Morgan fingerprint density at radius 2 is 1.75 bits per heavy atom. The van der Waals surface area contributed by atoms with Crippen molar-refractivity contribution in [3.63, 3.8) is 0 Å². The number of aliphatic hydroxyl groups is 2. The Morgan fingerprint density at radius 3 is 2.35 bits per heavy atom. The molecule has 0 aliphatic rings. The number of hydrogen-bond donors (Lipinski definition) is 2. The molecule has 0 aliphatic heterocycles. The third-order valence-electron chi connectivity index (χ3n) is 3.07. The maximum Gasteiger partial charge on any atom is 0.123 e. The summed E-state index contributed by atoms with van der Waals surface area (Å²) in [6, 6.07) is 8.33. The van der Waals surface area contributed by atoms with Crippen molar-refractivity contribution in [1.29, 1.82) is 0 Å². The topological polar surface area (TPSA) is 56.6 Å². The van der Waals surface area contributed by atoms with E-state index >= 15 is 0 Å². The number of benzene rings is 1. The van der Waals surface area contributed by atoms with Crippen molar-refractivity contribution in [2.45, 2.75) is 13.5 Å². The monoisotopic (exact) mass is 292 g/mol. The first-order chi connectivity index (χ1) is 9.72. The summed E-state index contributed by atoms with van der Waals surface area (Å²) in [6.45, 7) is 4.02. The fourth-order valence-electron chi connectivity index (χ4n) is 1.99. The summed E-state index contributed by atoms with van der Waals surface area (Å²) in [5.41, 5.74) is 3.35. The van der Waals surface area contributed by atoms with Gasteiger partial charge in [-0.2, -0.15) is 0 Å². The Bertz CT molecular complexity index is 519. The highest BCUT2D eigenvalue weighted by molar-refractivity contribution is 7.13. The van der Waals surface area contributed by atoms with Crippen LogP contribution in [0, 0.1) is 6.92 Å². The molecule has 0 aliphatic carbocycles. The van der Waals surface area contributed by atoms with Crippen LogP contribution >= 0.6 is 11.3 Å². The van der Waals surface area contributed by atoms with E-state index in [4.69, 9.17) is 10.2 Å². The second-order valence-electron chi connectivity index (χ2n) is 4.73. The van der Waals surface area contributed by atoms with Crippen molar-refractivity contribution in [3.05, 3.63) is 40.9 Å². The zero-order chi connectivity index (χ0) is 14.4. The normalized spacial score (nSPS) is 11.2. The summed E-state index contributed by atoms with van der Waals surface area (Å²) in [5, 5.41) is 21.1. The number of thiazole rings is 1. The van der Waals surface area contributed by atoms with Crippen LogP contribution in [0.25, 0.3) is 10.6 Å². The average molecular weight is 292 g/mol. The molecule has 5 heteroatoms. The predicted octanol–water partition coefficient (Wildman–Crippen LogP) is 1.91. The minimum Gasteiger partial charge on any atom is -0.395 e. The van der Waals surface area contributed by atoms with Crippen molar-refractivity contribution in [2.75, 3.05) is 26.3 Å². The van der Waals surface area contributed by atoms with Gasteiger partial charge in [-0.05, 0) is 6.92 Å². The van der Waals surface area contributed by atoms with Gasteiger partial charge in [0.25, 0.3) is 0 Å². The van der Waals surface area contributed by atoms with Gasteiger partial charge in [0, 0.05) is 30.6 Å². The molecule has 1 aromatic carbocycles.